The zero-order chi connectivity index (χ0) is 21.8. The number of hydrogen-bond acceptors (Lipinski definition) is 5. The summed E-state index contributed by atoms with van der Waals surface area (Å²) in [6.07, 6.45) is 8.06. The molecule has 166 valence electrons. The van der Waals surface area contributed by atoms with Crippen molar-refractivity contribution in [3.05, 3.63) is 29.8 Å². The lowest BCUT2D eigenvalue weighted by molar-refractivity contribution is -0.123. The molecule has 3 N–H and O–H groups in total. The Kier molecular flexibility index (Phi) is 10.2. The van der Waals surface area contributed by atoms with Gasteiger partial charge in [-0.15, -0.1) is 0 Å². The topological polar surface area (TPSA) is 93.9 Å². The van der Waals surface area contributed by atoms with Crippen LogP contribution in [0.25, 0.3) is 6.08 Å². The SMILES string of the molecule is CCCCOc1ccc(/C=C/C(=O)NCCCN2CCCC(C(N)=O)C2)cc1OC. The van der Waals surface area contributed by atoms with Crippen molar-refractivity contribution in [2.45, 2.75) is 39.0 Å². The van der Waals surface area contributed by atoms with Gasteiger partial charge >= 0.3 is 0 Å². The highest BCUT2D eigenvalue weighted by molar-refractivity contribution is 5.91. The van der Waals surface area contributed by atoms with Crippen LogP contribution in [0.3, 0.4) is 0 Å². The van der Waals surface area contributed by atoms with E-state index in [0.717, 1.165) is 57.3 Å². The van der Waals surface area contributed by atoms with Gasteiger partial charge in [-0.05, 0) is 62.5 Å². The molecule has 1 aliphatic rings. The van der Waals surface area contributed by atoms with Gasteiger partial charge in [0, 0.05) is 19.2 Å². The standard InChI is InChI=1S/C23H35N3O4/c1-3-4-15-30-20-10-8-18(16-21(20)29-2)9-11-22(27)25-12-6-14-26-13-5-7-19(17-26)23(24)28/h8-11,16,19H,3-7,12-15,17H2,1-2H3,(H2,24,28)(H,25,27)/b11-9+. The van der Waals surface area contributed by atoms with E-state index >= 15 is 0 Å². The van der Waals surface area contributed by atoms with Gasteiger partial charge in [-0.3, -0.25) is 9.59 Å². The second-order valence-electron chi connectivity index (χ2n) is 7.63. The predicted molar refractivity (Wildman–Crippen MR) is 118 cm³/mol. The van der Waals surface area contributed by atoms with Crippen molar-refractivity contribution < 1.29 is 19.1 Å². The zero-order valence-electron chi connectivity index (χ0n) is 18.2. The van der Waals surface area contributed by atoms with E-state index in [1.54, 1.807) is 13.2 Å². The van der Waals surface area contributed by atoms with Crippen LogP contribution < -0.4 is 20.5 Å². The van der Waals surface area contributed by atoms with E-state index in [-0.39, 0.29) is 17.7 Å². The van der Waals surface area contributed by atoms with Crippen molar-refractivity contribution in [3.63, 3.8) is 0 Å². The first-order valence-electron chi connectivity index (χ1n) is 10.8. The molecular formula is C23H35N3O4. The fourth-order valence-electron chi connectivity index (χ4n) is 3.47. The minimum absolute atomic E-state index is 0.0447. The Morgan fingerprint density at radius 2 is 2.13 bits per heavy atom. The molecule has 1 fully saturated rings. The molecule has 0 saturated carbocycles. The lowest BCUT2D eigenvalue weighted by Gasteiger charge is -2.31. The number of nitrogens with zero attached hydrogens (tertiary/aromatic N) is 1. The second-order valence-corrected chi connectivity index (χ2v) is 7.63. The summed E-state index contributed by atoms with van der Waals surface area (Å²) in [6, 6.07) is 5.62. The van der Waals surface area contributed by atoms with Gasteiger partial charge in [-0.2, -0.15) is 0 Å². The number of piperidine rings is 1. The number of unbranched alkanes of at least 4 members (excludes halogenated alkanes) is 1. The molecule has 7 heteroatoms. The molecule has 0 spiro atoms. The molecule has 1 aromatic carbocycles. The summed E-state index contributed by atoms with van der Waals surface area (Å²) in [5.74, 6) is 0.978. The molecule has 1 heterocycles. The lowest BCUT2D eigenvalue weighted by Crippen LogP contribution is -2.42. The largest absolute Gasteiger partial charge is 0.493 e. The number of nitrogens with two attached hydrogens (primary N) is 1. The van der Waals surface area contributed by atoms with Gasteiger partial charge in [-0.25, -0.2) is 0 Å². The van der Waals surface area contributed by atoms with Crippen LogP contribution in [0.5, 0.6) is 11.5 Å². The van der Waals surface area contributed by atoms with E-state index in [2.05, 4.69) is 17.1 Å². The van der Waals surface area contributed by atoms with Crippen molar-refractivity contribution in [1.82, 2.24) is 10.2 Å². The van der Waals surface area contributed by atoms with Gasteiger partial charge in [0.1, 0.15) is 0 Å². The number of benzene rings is 1. The van der Waals surface area contributed by atoms with Crippen molar-refractivity contribution >= 4 is 17.9 Å². The molecule has 2 amide bonds. The highest BCUT2D eigenvalue weighted by Crippen LogP contribution is 2.28. The van der Waals surface area contributed by atoms with Crippen LogP contribution in [-0.2, 0) is 9.59 Å². The Balaban J connectivity index is 1.73. The van der Waals surface area contributed by atoms with Gasteiger partial charge in [0.2, 0.25) is 11.8 Å². The van der Waals surface area contributed by atoms with Crippen molar-refractivity contribution in [2.24, 2.45) is 11.7 Å². The van der Waals surface area contributed by atoms with E-state index < -0.39 is 0 Å². The number of primary amides is 1. The van der Waals surface area contributed by atoms with Crippen LogP contribution in [0.1, 0.15) is 44.6 Å². The van der Waals surface area contributed by atoms with Crippen LogP contribution in [0.2, 0.25) is 0 Å². The summed E-state index contributed by atoms with van der Waals surface area (Å²) in [7, 11) is 1.61. The lowest BCUT2D eigenvalue weighted by atomic mass is 9.97. The Bertz CT molecular complexity index is 720. The van der Waals surface area contributed by atoms with E-state index in [1.165, 1.54) is 6.08 Å². The minimum Gasteiger partial charge on any atom is -0.493 e. The molecule has 1 unspecified atom stereocenters. The quantitative estimate of drug-likeness (QED) is 0.403. The number of amides is 2. The maximum atomic E-state index is 12.1. The molecule has 1 aliphatic heterocycles. The number of ether oxygens (including phenoxy) is 2. The van der Waals surface area contributed by atoms with Gasteiger partial charge < -0.3 is 25.4 Å². The summed E-state index contributed by atoms with van der Waals surface area (Å²) in [4.78, 5) is 25.7. The molecule has 0 aromatic heterocycles. The van der Waals surface area contributed by atoms with E-state index in [1.807, 2.05) is 18.2 Å². The number of carbonyl (C=O) groups excluding carboxylic acids is 2. The Morgan fingerprint density at radius 1 is 1.30 bits per heavy atom. The Labute approximate surface area is 179 Å². The number of methoxy groups -OCH3 is 1. The molecule has 7 nitrogen and oxygen atoms in total. The first-order chi connectivity index (χ1) is 14.5. The van der Waals surface area contributed by atoms with Crippen LogP contribution in [-0.4, -0.2) is 56.6 Å². The third-order valence-electron chi connectivity index (χ3n) is 5.23. The van der Waals surface area contributed by atoms with E-state index in [4.69, 9.17) is 15.2 Å². The average Bonchev–Trinajstić information content (AvgIpc) is 2.76. The highest BCUT2D eigenvalue weighted by atomic mass is 16.5. The first kappa shape index (κ1) is 23.7. The fourth-order valence-corrected chi connectivity index (χ4v) is 3.47. The van der Waals surface area contributed by atoms with Gasteiger partial charge in [0.25, 0.3) is 0 Å². The van der Waals surface area contributed by atoms with Crippen molar-refractivity contribution in [2.75, 3.05) is 39.9 Å². The van der Waals surface area contributed by atoms with Crippen LogP contribution in [0.15, 0.2) is 24.3 Å². The van der Waals surface area contributed by atoms with Crippen LogP contribution in [0.4, 0.5) is 0 Å². The molecular weight excluding hydrogens is 382 g/mol. The number of likely N-dealkylation sites (tertiary alicyclic amines) is 1. The molecule has 0 bridgehead atoms. The van der Waals surface area contributed by atoms with Crippen molar-refractivity contribution in [3.8, 4) is 11.5 Å². The molecule has 30 heavy (non-hydrogen) atoms. The average molecular weight is 418 g/mol. The zero-order valence-corrected chi connectivity index (χ0v) is 18.2. The summed E-state index contributed by atoms with van der Waals surface area (Å²) in [5.41, 5.74) is 6.28. The third kappa shape index (κ3) is 8.06. The summed E-state index contributed by atoms with van der Waals surface area (Å²) in [6.45, 7) is 5.93. The fraction of sp³-hybridized carbons (Fsp3) is 0.565. The van der Waals surface area contributed by atoms with Gasteiger partial charge in [0.15, 0.2) is 11.5 Å². The summed E-state index contributed by atoms with van der Waals surface area (Å²) < 4.78 is 11.1. The number of carbonyl (C=O) groups is 2. The van der Waals surface area contributed by atoms with Crippen LogP contribution >= 0.6 is 0 Å². The third-order valence-corrected chi connectivity index (χ3v) is 5.23. The first-order valence-corrected chi connectivity index (χ1v) is 10.8. The number of nitrogens with one attached hydrogen (secondary N) is 1. The molecule has 1 atom stereocenters. The summed E-state index contributed by atoms with van der Waals surface area (Å²) in [5, 5.41) is 2.90. The maximum Gasteiger partial charge on any atom is 0.243 e. The van der Waals surface area contributed by atoms with Crippen LogP contribution in [0, 0.1) is 5.92 Å². The predicted octanol–water partition coefficient (Wildman–Crippen LogP) is 2.59. The highest BCUT2D eigenvalue weighted by Gasteiger charge is 2.23. The number of hydrogen-bond donors (Lipinski definition) is 2. The molecule has 0 aliphatic carbocycles. The van der Waals surface area contributed by atoms with E-state index in [0.29, 0.717) is 24.7 Å². The normalized spacial score (nSPS) is 17.1. The minimum atomic E-state index is -0.213. The Morgan fingerprint density at radius 3 is 2.87 bits per heavy atom. The number of rotatable bonds is 12. The second kappa shape index (κ2) is 12.9. The van der Waals surface area contributed by atoms with Crippen molar-refractivity contribution in [1.29, 1.82) is 0 Å². The maximum absolute atomic E-state index is 12.1. The monoisotopic (exact) mass is 417 g/mol. The van der Waals surface area contributed by atoms with Gasteiger partial charge in [-0.1, -0.05) is 19.4 Å². The molecule has 2 rings (SSSR count). The van der Waals surface area contributed by atoms with Gasteiger partial charge in [0.05, 0.1) is 19.6 Å². The molecule has 1 saturated heterocycles. The molecule has 1 aromatic rings. The smallest absolute Gasteiger partial charge is 0.243 e. The summed E-state index contributed by atoms with van der Waals surface area (Å²) >= 11 is 0. The molecule has 0 radical (unpaired) electrons. The Hall–Kier alpha value is -2.54. The van der Waals surface area contributed by atoms with E-state index in [9.17, 15) is 9.59 Å².